The van der Waals surface area contributed by atoms with Crippen molar-refractivity contribution in [2.45, 2.75) is 31.3 Å². The Kier molecular flexibility index (Phi) is 5.64. The van der Waals surface area contributed by atoms with Gasteiger partial charge in [-0.1, -0.05) is 30.3 Å². The van der Waals surface area contributed by atoms with Crippen LogP contribution in [0, 0.1) is 0 Å². The lowest BCUT2D eigenvalue weighted by atomic mass is 10.1. The van der Waals surface area contributed by atoms with Gasteiger partial charge in [0, 0.05) is 11.3 Å². The Labute approximate surface area is 128 Å². The van der Waals surface area contributed by atoms with Crippen LogP contribution in [0.2, 0.25) is 0 Å². The molecule has 0 bridgehead atoms. The third kappa shape index (κ3) is 4.44. The highest BCUT2D eigenvalue weighted by Crippen LogP contribution is 2.34. The maximum Gasteiger partial charge on any atom is 0.320 e. The SMILES string of the molecule is CC1(c2ccccc2)OCC(CSCCC(N)C(=O)O)O1. The van der Waals surface area contributed by atoms with Crippen LogP contribution in [-0.4, -0.2) is 41.3 Å². The summed E-state index contributed by atoms with van der Waals surface area (Å²) < 4.78 is 11.8. The first-order chi connectivity index (χ1) is 10.0. The average Bonchev–Trinajstić information content (AvgIpc) is 2.87. The summed E-state index contributed by atoms with van der Waals surface area (Å²) in [5, 5.41) is 8.71. The van der Waals surface area contributed by atoms with Gasteiger partial charge in [0.15, 0.2) is 5.79 Å². The third-order valence-electron chi connectivity index (χ3n) is 3.43. The van der Waals surface area contributed by atoms with Gasteiger partial charge in [0.2, 0.25) is 0 Å². The summed E-state index contributed by atoms with van der Waals surface area (Å²) in [6.07, 6.45) is 0.477. The molecule has 6 heteroatoms. The minimum Gasteiger partial charge on any atom is -0.480 e. The predicted molar refractivity (Wildman–Crippen MR) is 82.2 cm³/mol. The molecule has 1 heterocycles. The lowest BCUT2D eigenvalue weighted by molar-refractivity contribution is -0.159. The molecular weight excluding hydrogens is 290 g/mol. The monoisotopic (exact) mass is 311 g/mol. The molecule has 5 nitrogen and oxygen atoms in total. The minimum absolute atomic E-state index is 0.0151. The van der Waals surface area contributed by atoms with E-state index in [1.54, 1.807) is 11.8 Å². The number of carbonyl (C=O) groups is 1. The Balaban J connectivity index is 1.74. The van der Waals surface area contributed by atoms with Crippen molar-refractivity contribution in [2.75, 3.05) is 18.1 Å². The smallest absolute Gasteiger partial charge is 0.320 e. The van der Waals surface area contributed by atoms with Gasteiger partial charge >= 0.3 is 5.97 Å². The van der Waals surface area contributed by atoms with Crippen LogP contribution >= 0.6 is 11.8 Å². The second-order valence-electron chi connectivity index (χ2n) is 5.17. The molecule has 1 aliphatic rings. The summed E-state index contributed by atoms with van der Waals surface area (Å²) in [7, 11) is 0. The summed E-state index contributed by atoms with van der Waals surface area (Å²) >= 11 is 1.64. The molecule has 0 aliphatic carbocycles. The number of aliphatic carboxylic acids is 1. The summed E-state index contributed by atoms with van der Waals surface area (Å²) in [5.74, 6) is -0.165. The van der Waals surface area contributed by atoms with Crippen LogP contribution in [0.15, 0.2) is 30.3 Å². The maximum absolute atomic E-state index is 10.6. The third-order valence-corrected chi connectivity index (χ3v) is 4.56. The van der Waals surface area contributed by atoms with Crippen LogP contribution in [0.4, 0.5) is 0 Å². The number of nitrogens with two attached hydrogens (primary N) is 1. The molecule has 1 saturated heterocycles. The first kappa shape index (κ1) is 16.3. The van der Waals surface area contributed by atoms with Crippen molar-refractivity contribution >= 4 is 17.7 Å². The molecule has 0 amide bonds. The number of carboxylic acid groups (broad SMARTS) is 1. The van der Waals surface area contributed by atoms with E-state index in [-0.39, 0.29) is 6.10 Å². The van der Waals surface area contributed by atoms with E-state index < -0.39 is 17.8 Å². The molecule has 0 saturated carbocycles. The van der Waals surface area contributed by atoms with E-state index in [1.807, 2.05) is 37.3 Å². The number of hydrogen-bond acceptors (Lipinski definition) is 5. The molecule has 116 valence electrons. The van der Waals surface area contributed by atoms with E-state index in [9.17, 15) is 4.79 Å². The largest absolute Gasteiger partial charge is 0.480 e. The Hall–Kier alpha value is -1.08. The summed E-state index contributed by atoms with van der Waals surface area (Å²) in [4.78, 5) is 10.6. The van der Waals surface area contributed by atoms with Crippen LogP contribution in [0.1, 0.15) is 18.9 Å². The van der Waals surface area contributed by atoms with Gasteiger partial charge in [0.25, 0.3) is 0 Å². The Morgan fingerprint density at radius 3 is 2.90 bits per heavy atom. The zero-order chi connectivity index (χ0) is 15.3. The lowest BCUT2D eigenvalue weighted by Crippen LogP contribution is -2.30. The molecular formula is C15H21NO4S. The summed E-state index contributed by atoms with van der Waals surface area (Å²) in [6, 6.07) is 9.07. The highest BCUT2D eigenvalue weighted by Gasteiger charge is 2.38. The Morgan fingerprint density at radius 1 is 1.52 bits per heavy atom. The van der Waals surface area contributed by atoms with Crippen LogP contribution in [0.5, 0.6) is 0 Å². The van der Waals surface area contributed by atoms with Gasteiger partial charge in [-0.2, -0.15) is 11.8 Å². The van der Waals surface area contributed by atoms with Gasteiger partial charge in [-0.25, -0.2) is 0 Å². The number of hydrogen-bond donors (Lipinski definition) is 2. The standard InChI is InChI=1S/C15H21NO4S/c1-15(11-5-3-2-4-6-11)19-9-12(20-15)10-21-8-7-13(16)14(17)18/h2-6,12-13H,7-10,16H2,1H3,(H,17,18). The number of benzene rings is 1. The summed E-state index contributed by atoms with van der Waals surface area (Å²) in [6.45, 7) is 2.47. The maximum atomic E-state index is 10.6. The Bertz CT molecular complexity index is 470. The molecule has 0 aromatic heterocycles. The predicted octanol–water partition coefficient (Wildman–Crippen LogP) is 1.81. The first-order valence-corrected chi connectivity index (χ1v) is 8.10. The van der Waals surface area contributed by atoms with Crippen molar-refractivity contribution in [2.24, 2.45) is 5.73 Å². The van der Waals surface area contributed by atoms with Gasteiger partial charge in [0.1, 0.15) is 6.04 Å². The van der Waals surface area contributed by atoms with Gasteiger partial charge in [-0.15, -0.1) is 0 Å². The van der Waals surface area contributed by atoms with Crippen LogP contribution in [-0.2, 0) is 20.1 Å². The van der Waals surface area contributed by atoms with Crippen molar-refractivity contribution in [3.8, 4) is 0 Å². The molecule has 1 aliphatic heterocycles. The molecule has 3 atom stereocenters. The molecule has 3 unspecified atom stereocenters. The zero-order valence-corrected chi connectivity index (χ0v) is 12.8. The van der Waals surface area contributed by atoms with Crippen LogP contribution in [0.3, 0.4) is 0 Å². The Morgan fingerprint density at radius 2 is 2.24 bits per heavy atom. The highest BCUT2D eigenvalue weighted by atomic mass is 32.2. The number of ether oxygens (including phenoxy) is 2. The van der Waals surface area contributed by atoms with E-state index in [0.717, 1.165) is 11.3 Å². The number of rotatable bonds is 7. The normalized spacial score (nSPS) is 26.7. The molecule has 3 N–H and O–H groups in total. The van der Waals surface area contributed by atoms with Gasteiger partial charge < -0.3 is 20.3 Å². The molecule has 0 radical (unpaired) electrons. The summed E-state index contributed by atoms with van der Waals surface area (Å²) in [5.41, 5.74) is 6.47. The molecule has 2 rings (SSSR count). The van der Waals surface area contributed by atoms with E-state index >= 15 is 0 Å². The number of thioether (sulfide) groups is 1. The molecule has 1 aromatic rings. The van der Waals surface area contributed by atoms with Gasteiger partial charge in [0.05, 0.1) is 12.7 Å². The van der Waals surface area contributed by atoms with E-state index in [4.69, 9.17) is 20.3 Å². The minimum atomic E-state index is -0.951. The molecule has 0 spiro atoms. The lowest BCUT2D eigenvalue weighted by Gasteiger charge is -2.23. The fourth-order valence-electron chi connectivity index (χ4n) is 2.16. The van der Waals surface area contributed by atoms with Crippen LogP contribution < -0.4 is 5.73 Å². The van der Waals surface area contributed by atoms with Crippen molar-refractivity contribution in [1.82, 2.24) is 0 Å². The van der Waals surface area contributed by atoms with Gasteiger partial charge in [-0.3, -0.25) is 4.79 Å². The molecule has 21 heavy (non-hydrogen) atoms. The first-order valence-electron chi connectivity index (χ1n) is 6.95. The second-order valence-corrected chi connectivity index (χ2v) is 6.32. The average molecular weight is 311 g/mol. The van der Waals surface area contributed by atoms with E-state index in [2.05, 4.69) is 0 Å². The zero-order valence-electron chi connectivity index (χ0n) is 12.0. The second kappa shape index (κ2) is 7.26. The van der Waals surface area contributed by atoms with Crippen molar-refractivity contribution in [3.63, 3.8) is 0 Å². The van der Waals surface area contributed by atoms with Crippen molar-refractivity contribution in [1.29, 1.82) is 0 Å². The quantitative estimate of drug-likeness (QED) is 0.747. The fourth-order valence-corrected chi connectivity index (χ4v) is 3.18. The molecule has 1 aromatic carbocycles. The van der Waals surface area contributed by atoms with E-state index in [1.165, 1.54) is 0 Å². The van der Waals surface area contributed by atoms with E-state index in [0.29, 0.717) is 18.8 Å². The van der Waals surface area contributed by atoms with Crippen molar-refractivity contribution in [3.05, 3.63) is 35.9 Å². The van der Waals surface area contributed by atoms with Crippen LogP contribution in [0.25, 0.3) is 0 Å². The van der Waals surface area contributed by atoms with Crippen molar-refractivity contribution < 1.29 is 19.4 Å². The number of carboxylic acids is 1. The molecule has 1 fully saturated rings. The van der Waals surface area contributed by atoms with Gasteiger partial charge in [-0.05, 0) is 19.1 Å². The topological polar surface area (TPSA) is 81.8 Å². The highest BCUT2D eigenvalue weighted by molar-refractivity contribution is 7.99. The fraction of sp³-hybridized carbons (Fsp3) is 0.533.